The molecule has 1 saturated heterocycles. The van der Waals surface area contributed by atoms with Gasteiger partial charge in [0.15, 0.2) is 0 Å². The Balaban J connectivity index is 0.00000144. The van der Waals surface area contributed by atoms with Crippen LogP contribution in [-0.2, 0) is 4.79 Å². The number of thioether (sulfide) groups is 1. The van der Waals surface area contributed by atoms with E-state index in [2.05, 4.69) is 35.4 Å². The molecular weight excluding hydrogens is 254 g/mol. The lowest BCUT2D eigenvalue weighted by Gasteiger charge is -2.32. The number of rotatable bonds is 3. The Hall–Kier alpha value is -0.670. The molecule has 0 atom stereocenters. The SMILES string of the molecule is CSc1ccccc1N1CCC(C=O)CC1.Cl. The molecule has 2 nitrogen and oxygen atoms in total. The van der Waals surface area contributed by atoms with Crippen LogP contribution in [0, 0.1) is 5.92 Å². The third-order valence-electron chi connectivity index (χ3n) is 3.16. The van der Waals surface area contributed by atoms with Crippen molar-refractivity contribution in [2.24, 2.45) is 5.92 Å². The number of aldehydes is 1. The van der Waals surface area contributed by atoms with Gasteiger partial charge in [-0.25, -0.2) is 0 Å². The van der Waals surface area contributed by atoms with E-state index in [9.17, 15) is 4.79 Å². The first-order valence-electron chi connectivity index (χ1n) is 5.68. The second kappa shape index (κ2) is 6.92. The van der Waals surface area contributed by atoms with Crippen LogP contribution in [0.25, 0.3) is 0 Å². The Morgan fingerprint density at radius 1 is 1.29 bits per heavy atom. The predicted octanol–water partition coefficient (Wildman–Crippen LogP) is 3.25. The lowest BCUT2D eigenvalue weighted by molar-refractivity contribution is -0.111. The third-order valence-corrected chi connectivity index (χ3v) is 3.94. The fourth-order valence-electron chi connectivity index (χ4n) is 2.17. The van der Waals surface area contributed by atoms with E-state index in [-0.39, 0.29) is 18.3 Å². The number of carbonyl (C=O) groups excluding carboxylic acids is 1. The number of carbonyl (C=O) groups is 1. The van der Waals surface area contributed by atoms with Crippen LogP contribution in [0.3, 0.4) is 0 Å². The summed E-state index contributed by atoms with van der Waals surface area (Å²) in [6, 6.07) is 8.49. The average molecular weight is 272 g/mol. The van der Waals surface area contributed by atoms with Gasteiger partial charge in [0.2, 0.25) is 0 Å². The second-order valence-corrected chi connectivity index (χ2v) is 4.98. The molecule has 1 aliphatic heterocycles. The molecule has 0 aliphatic carbocycles. The minimum Gasteiger partial charge on any atom is -0.371 e. The Morgan fingerprint density at radius 2 is 1.94 bits per heavy atom. The molecule has 17 heavy (non-hydrogen) atoms. The Labute approximate surface area is 113 Å². The summed E-state index contributed by atoms with van der Waals surface area (Å²) < 4.78 is 0. The van der Waals surface area contributed by atoms with Gasteiger partial charge < -0.3 is 9.69 Å². The summed E-state index contributed by atoms with van der Waals surface area (Å²) in [6.45, 7) is 2.00. The molecule has 0 bridgehead atoms. The molecule has 0 saturated carbocycles. The zero-order valence-electron chi connectivity index (χ0n) is 9.96. The standard InChI is InChI=1S/C13H17NOS.ClH/c1-16-13-5-3-2-4-12(13)14-8-6-11(10-15)7-9-14;/h2-5,10-11H,6-9H2,1H3;1H. The van der Waals surface area contributed by atoms with E-state index < -0.39 is 0 Å². The van der Waals surface area contributed by atoms with Gasteiger partial charge in [-0.05, 0) is 31.2 Å². The van der Waals surface area contributed by atoms with Gasteiger partial charge in [0, 0.05) is 23.9 Å². The molecule has 0 N–H and O–H groups in total. The molecule has 1 aliphatic rings. The van der Waals surface area contributed by atoms with Crippen molar-refractivity contribution in [3.8, 4) is 0 Å². The maximum absolute atomic E-state index is 10.7. The normalized spacial score (nSPS) is 16.4. The van der Waals surface area contributed by atoms with Crippen LogP contribution in [0.4, 0.5) is 5.69 Å². The highest BCUT2D eigenvalue weighted by molar-refractivity contribution is 7.98. The minimum atomic E-state index is 0. The van der Waals surface area contributed by atoms with Crippen LogP contribution in [0.1, 0.15) is 12.8 Å². The van der Waals surface area contributed by atoms with Crippen molar-refractivity contribution < 1.29 is 4.79 Å². The third kappa shape index (κ3) is 3.39. The highest BCUT2D eigenvalue weighted by Gasteiger charge is 2.19. The molecule has 1 aromatic rings. The number of nitrogens with zero attached hydrogens (tertiary/aromatic N) is 1. The average Bonchev–Trinajstić information content (AvgIpc) is 2.39. The molecule has 0 spiro atoms. The van der Waals surface area contributed by atoms with Crippen molar-refractivity contribution >= 4 is 36.1 Å². The van der Waals surface area contributed by atoms with E-state index in [1.807, 2.05) is 0 Å². The largest absolute Gasteiger partial charge is 0.371 e. The van der Waals surface area contributed by atoms with Gasteiger partial charge in [-0.1, -0.05) is 12.1 Å². The number of halogens is 1. The number of hydrogen-bond donors (Lipinski definition) is 0. The number of anilines is 1. The smallest absolute Gasteiger partial charge is 0.123 e. The van der Waals surface area contributed by atoms with Gasteiger partial charge in [-0.3, -0.25) is 0 Å². The van der Waals surface area contributed by atoms with Crippen molar-refractivity contribution in [1.29, 1.82) is 0 Å². The molecule has 2 rings (SSSR count). The van der Waals surface area contributed by atoms with Gasteiger partial charge in [-0.15, -0.1) is 24.2 Å². The van der Waals surface area contributed by atoms with Gasteiger partial charge in [-0.2, -0.15) is 0 Å². The van der Waals surface area contributed by atoms with Crippen LogP contribution >= 0.6 is 24.2 Å². The minimum absolute atomic E-state index is 0. The molecule has 0 aromatic heterocycles. The molecule has 4 heteroatoms. The quantitative estimate of drug-likeness (QED) is 0.622. The summed E-state index contributed by atoms with van der Waals surface area (Å²) in [5, 5.41) is 0. The Kier molecular flexibility index (Phi) is 5.86. The fraction of sp³-hybridized carbons (Fsp3) is 0.462. The number of hydrogen-bond acceptors (Lipinski definition) is 3. The van der Waals surface area contributed by atoms with Crippen LogP contribution < -0.4 is 4.90 Å². The summed E-state index contributed by atoms with van der Waals surface area (Å²) in [5.74, 6) is 0.276. The maximum atomic E-state index is 10.7. The van der Waals surface area contributed by atoms with Gasteiger partial charge in [0.05, 0.1) is 5.69 Å². The molecule has 1 aromatic carbocycles. The van der Waals surface area contributed by atoms with E-state index in [0.29, 0.717) is 0 Å². The van der Waals surface area contributed by atoms with Gasteiger partial charge >= 0.3 is 0 Å². The van der Waals surface area contributed by atoms with Crippen molar-refractivity contribution in [2.75, 3.05) is 24.2 Å². The maximum Gasteiger partial charge on any atom is 0.123 e. The number of para-hydroxylation sites is 1. The molecule has 0 amide bonds. The summed E-state index contributed by atoms with van der Waals surface area (Å²) in [4.78, 5) is 14.4. The first kappa shape index (κ1) is 14.4. The van der Waals surface area contributed by atoms with E-state index in [1.165, 1.54) is 10.6 Å². The van der Waals surface area contributed by atoms with E-state index >= 15 is 0 Å². The van der Waals surface area contributed by atoms with E-state index in [0.717, 1.165) is 32.2 Å². The molecule has 1 fully saturated rings. The fourth-order valence-corrected chi connectivity index (χ4v) is 2.79. The summed E-state index contributed by atoms with van der Waals surface area (Å²) in [6.07, 6.45) is 5.20. The second-order valence-electron chi connectivity index (χ2n) is 4.13. The molecule has 1 heterocycles. The first-order valence-corrected chi connectivity index (χ1v) is 6.91. The zero-order valence-corrected chi connectivity index (χ0v) is 11.6. The molecule has 94 valence electrons. The molecular formula is C13H18ClNOS. The van der Waals surface area contributed by atoms with Crippen molar-refractivity contribution in [3.63, 3.8) is 0 Å². The van der Waals surface area contributed by atoms with Crippen LogP contribution in [0.5, 0.6) is 0 Å². The summed E-state index contributed by atoms with van der Waals surface area (Å²) in [5.41, 5.74) is 1.32. The van der Waals surface area contributed by atoms with Crippen LogP contribution in [0.15, 0.2) is 29.2 Å². The number of piperidine rings is 1. The Morgan fingerprint density at radius 3 is 2.53 bits per heavy atom. The van der Waals surface area contributed by atoms with Gasteiger partial charge in [0.25, 0.3) is 0 Å². The van der Waals surface area contributed by atoms with Crippen LogP contribution in [0.2, 0.25) is 0 Å². The number of benzene rings is 1. The van der Waals surface area contributed by atoms with E-state index in [4.69, 9.17) is 0 Å². The lowest BCUT2D eigenvalue weighted by atomic mass is 9.98. The van der Waals surface area contributed by atoms with Crippen molar-refractivity contribution in [1.82, 2.24) is 0 Å². The highest BCUT2D eigenvalue weighted by atomic mass is 35.5. The Bertz CT molecular complexity index is 364. The molecule has 0 unspecified atom stereocenters. The van der Waals surface area contributed by atoms with Crippen molar-refractivity contribution in [2.45, 2.75) is 17.7 Å². The highest BCUT2D eigenvalue weighted by Crippen LogP contribution is 2.30. The monoisotopic (exact) mass is 271 g/mol. The van der Waals surface area contributed by atoms with Gasteiger partial charge in [0.1, 0.15) is 6.29 Å². The van der Waals surface area contributed by atoms with Crippen molar-refractivity contribution in [3.05, 3.63) is 24.3 Å². The topological polar surface area (TPSA) is 20.3 Å². The summed E-state index contributed by atoms with van der Waals surface area (Å²) in [7, 11) is 0. The van der Waals surface area contributed by atoms with Crippen LogP contribution in [-0.4, -0.2) is 25.6 Å². The predicted molar refractivity (Wildman–Crippen MR) is 76.5 cm³/mol. The van der Waals surface area contributed by atoms with E-state index in [1.54, 1.807) is 11.8 Å². The molecule has 0 radical (unpaired) electrons. The zero-order chi connectivity index (χ0) is 11.4. The summed E-state index contributed by atoms with van der Waals surface area (Å²) >= 11 is 1.78. The first-order chi connectivity index (χ1) is 7.85. The lowest BCUT2D eigenvalue weighted by Crippen LogP contribution is -2.34.